The number of fused-ring (bicyclic) bond motifs is 1. The maximum absolute atomic E-state index is 4.57. The fourth-order valence-electron chi connectivity index (χ4n) is 1.63. The molecule has 2 heterocycles. The lowest BCUT2D eigenvalue weighted by Crippen LogP contribution is -2.02. The molecule has 15 heavy (non-hydrogen) atoms. The van der Waals surface area contributed by atoms with Gasteiger partial charge in [0.25, 0.3) is 0 Å². The zero-order valence-corrected chi connectivity index (χ0v) is 9.36. The highest BCUT2D eigenvalue weighted by molar-refractivity contribution is 5.77. The van der Waals surface area contributed by atoms with E-state index in [2.05, 4.69) is 35.7 Å². The molecule has 0 atom stereocenters. The second-order valence-electron chi connectivity index (χ2n) is 3.91. The molecule has 3 nitrogen and oxygen atoms in total. The molecule has 0 saturated heterocycles. The van der Waals surface area contributed by atoms with Crippen LogP contribution in [0.4, 0.5) is 0 Å². The first-order valence-corrected chi connectivity index (χ1v) is 5.34. The molecule has 78 valence electrons. The summed E-state index contributed by atoms with van der Waals surface area (Å²) >= 11 is 0. The molecule has 0 unspecified atom stereocenters. The molecule has 0 amide bonds. The Morgan fingerprint density at radius 1 is 1.27 bits per heavy atom. The van der Waals surface area contributed by atoms with Crippen LogP contribution in [0.15, 0.2) is 18.3 Å². The average molecular weight is 201 g/mol. The average Bonchev–Trinajstić information content (AvgIpc) is 2.27. The van der Waals surface area contributed by atoms with Crippen LogP contribution in [-0.4, -0.2) is 15.0 Å². The zero-order valence-electron chi connectivity index (χ0n) is 9.36. The zero-order chi connectivity index (χ0) is 10.8. The molecular weight excluding hydrogens is 186 g/mol. The summed E-state index contributed by atoms with van der Waals surface area (Å²) in [6, 6.07) is 3.97. The molecule has 0 aromatic carbocycles. The van der Waals surface area contributed by atoms with Gasteiger partial charge in [-0.25, -0.2) is 15.0 Å². The Labute approximate surface area is 89.6 Å². The minimum atomic E-state index is 0.407. The summed E-state index contributed by atoms with van der Waals surface area (Å²) in [5.41, 5.74) is 1.91. The standard InChI is InChI=1S/C12H15N3/c1-4-10-14-11(8(2)3)9-6-5-7-13-12(9)15-10/h5-8H,4H2,1-3H3. The number of rotatable bonds is 2. The fourth-order valence-corrected chi connectivity index (χ4v) is 1.63. The van der Waals surface area contributed by atoms with E-state index in [4.69, 9.17) is 0 Å². The largest absolute Gasteiger partial charge is 0.237 e. The summed E-state index contributed by atoms with van der Waals surface area (Å²) in [6.07, 6.45) is 2.63. The van der Waals surface area contributed by atoms with Gasteiger partial charge in [0.05, 0.1) is 5.69 Å². The number of hydrogen-bond donors (Lipinski definition) is 0. The van der Waals surface area contributed by atoms with Crippen molar-refractivity contribution in [2.75, 3.05) is 0 Å². The lowest BCUT2D eigenvalue weighted by atomic mass is 10.1. The predicted octanol–water partition coefficient (Wildman–Crippen LogP) is 2.71. The second-order valence-corrected chi connectivity index (χ2v) is 3.91. The fraction of sp³-hybridized carbons (Fsp3) is 0.417. The highest BCUT2D eigenvalue weighted by Crippen LogP contribution is 2.21. The van der Waals surface area contributed by atoms with E-state index in [0.29, 0.717) is 5.92 Å². The summed E-state index contributed by atoms with van der Waals surface area (Å²) < 4.78 is 0. The number of aryl methyl sites for hydroxylation is 1. The lowest BCUT2D eigenvalue weighted by molar-refractivity contribution is 0.801. The van der Waals surface area contributed by atoms with Crippen LogP contribution in [0.2, 0.25) is 0 Å². The summed E-state index contributed by atoms with van der Waals surface area (Å²) in [5, 5.41) is 1.07. The van der Waals surface area contributed by atoms with Crippen LogP contribution in [0.5, 0.6) is 0 Å². The van der Waals surface area contributed by atoms with Gasteiger partial charge in [0.15, 0.2) is 5.65 Å². The van der Waals surface area contributed by atoms with Crippen molar-refractivity contribution in [3.05, 3.63) is 29.8 Å². The van der Waals surface area contributed by atoms with Crippen LogP contribution < -0.4 is 0 Å². The molecule has 2 aromatic rings. The minimum absolute atomic E-state index is 0.407. The molecule has 2 aromatic heterocycles. The summed E-state index contributed by atoms with van der Waals surface area (Å²) in [5.74, 6) is 1.29. The molecule has 0 spiro atoms. The van der Waals surface area contributed by atoms with Gasteiger partial charge in [-0.3, -0.25) is 0 Å². The topological polar surface area (TPSA) is 38.7 Å². The molecule has 0 saturated carbocycles. The van der Waals surface area contributed by atoms with Crippen molar-refractivity contribution in [2.45, 2.75) is 33.1 Å². The van der Waals surface area contributed by atoms with Gasteiger partial charge in [0, 0.05) is 18.0 Å². The molecule has 2 rings (SSSR count). The number of aromatic nitrogens is 3. The van der Waals surface area contributed by atoms with E-state index in [9.17, 15) is 0 Å². The van der Waals surface area contributed by atoms with Crippen molar-refractivity contribution < 1.29 is 0 Å². The Balaban J connectivity index is 2.74. The first-order chi connectivity index (χ1) is 7.22. The summed E-state index contributed by atoms with van der Waals surface area (Å²) in [7, 11) is 0. The third-order valence-corrected chi connectivity index (χ3v) is 2.41. The van der Waals surface area contributed by atoms with E-state index in [1.54, 1.807) is 6.20 Å². The van der Waals surface area contributed by atoms with Gasteiger partial charge >= 0.3 is 0 Å². The Morgan fingerprint density at radius 2 is 2.07 bits per heavy atom. The minimum Gasteiger partial charge on any atom is -0.237 e. The Hall–Kier alpha value is -1.51. The Bertz CT molecular complexity index is 477. The van der Waals surface area contributed by atoms with Gasteiger partial charge in [0.2, 0.25) is 0 Å². The van der Waals surface area contributed by atoms with Gasteiger partial charge in [-0.15, -0.1) is 0 Å². The van der Waals surface area contributed by atoms with Crippen molar-refractivity contribution in [3.8, 4) is 0 Å². The third kappa shape index (κ3) is 1.82. The first kappa shape index (κ1) is 10.0. The van der Waals surface area contributed by atoms with Crippen LogP contribution in [-0.2, 0) is 6.42 Å². The molecule has 0 aliphatic rings. The molecule has 0 radical (unpaired) electrons. The lowest BCUT2D eigenvalue weighted by Gasteiger charge is -2.09. The van der Waals surface area contributed by atoms with Crippen molar-refractivity contribution >= 4 is 11.0 Å². The molecule has 3 heteroatoms. The monoisotopic (exact) mass is 201 g/mol. The number of nitrogens with zero attached hydrogens (tertiary/aromatic N) is 3. The van der Waals surface area contributed by atoms with Gasteiger partial charge in [-0.2, -0.15) is 0 Å². The number of hydrogen-bond acceptors (Lipinski definition) is 3. The molecule has 0 aliphatic carbocycles. The maximum atomic E-state index is 4.57. The molecule has 0 fully saturated rings. The van der Waals surface area contributed by atoms with Crippen LogP contribution in [0.1, 0.15) is 38.2 Å². The molecule has 0 bridgehead atoms. The van der Waals surface area contributed by atoms with E-state index in [1.165, 1.54) is 0 Å². The quantitative estimate of drug-likeness (QED) is 0.749. The van der Waals surface area contributed by atoms with E-state index in [0.717, 1.165) is 29.0 Å². The highest BCUT2D eigenvalue weighted by Gasteiger charge is 2.09. The van der Waals surface area contributed by atoms with Crippen molar-refractivity contribution in [3.63, 3.8) is 0 Å². The van der Waals surface area contributed by atoms with Crippen LogP contribution >= 0.6 is 0 Å². The van der Waals surface area contributed by atoms with E-state index < -0.39 is 0 Å². The van der Waals surface area contributed by atoms with Gasteiger partial charge < -0.3 is 0 Å². The Morgan fingerprint density at radius 3 is 2.73 bits per heavy atom. The van der Waals surface area contributed by atoms with Crippen molar-refractivity contribution in [2.24, 2.45) is 0 Å². The van der Waals surface area contributed by atoms with Gasteiger partial charge in [0.1, 0.15) is 5.82 Å². The van der Waals surface area contributed by atoms with Crippen LogP contribution in [0, 0.1) is 0 Å². The predicted molar refractivity (Wildman–Crippen MR) is 60.8 cm³/mol. The SMILES string of the molecule is CCc1nc(C(C)C)c2cccnc2n1. The van der Waals surface area contributed by atoms with E-state index in [1.807, 2.05) is 12.1 Å². The highest BCUT2D eigenvalue weighted by atomic mass is 14.9. The smallest absolute Gasteiger partial charge is 0.163 e. The normalized spacial score (nSPS) is 11.2. The second kappa shape index (κ2) is 3.93. The van der Waals surface area contributed by atoms with Crippen molar-refractivity contribution in [1.29, 1.82) is 0 Å². The first-order valence-electron chi connectivity index (χ1n) is 5.34. The Kier molecular flexibility index (Phi) is 2.62. The summed E-state index contributed by atoms with van der Waals surface area (Å²) in [4.78, 5) is 13.3. The van der Waals surface area contributed by atoms with Crippen LogP contribution in [0.25, 0.3) is 11.0 Å². The number of pyridine rings is 1. The van der Waals surface area contributed by atoms with Gasteiger partial charge in [-0.1, -0.05) is 20.8 Å². The van der Waals surface area contributed by atoms with Gasteiger partial charge in [-0.05, 0) is 18.1 Å². The van der Waals surface area contributed by atoms with Crippen LogP contribution in [0.3, 0.4) is 0 Å². The summed E-state index contributed by atoms with van der Waals surface area (Å²) in [6.45, 7) is 6.36. The molecule has 0 N–H and O–H groups in total. The van der Waals surface area contributed by atoms with E-state index >= 15 is 0 Å². The maximum Gasteiger partial charge on any atom is 0.163 e. The molecular formula is C12H15N3. The third-order valence-electron chi connectivity index (χ3n) is 2.41. The molecule has 0 aliphatic heterocycles. The van der Waals surface area contributed by atoms with E-state index in [-0.39, 0.29) is 0 Å². The van der Waals surface area contributed by atoms with Crippen molar-refractivity contribution in [1.82, 2.24) is 15.0 Å².